The molecule has 0 atom stereocenters. The maximum Gasteiger partial charge on any atom is 0.231 e. The number of hydrogen-bond acceptors (Lipinski definition) is 5. The van der Waals surface area contributed by atoms with Crippen molar-refractivity contribution in [2.75, 3.05) is 13.8 Å². The van der Waals surface area contributed by atoms with Crippen molar-refractivity contribution in [1.82, 2.24) is 10.3 Å². The van der Waals surface area contributed by atoms with Crippen molar-refractivity contribution in [1.29, 1.82) is 0 Å². The summed E-state index contributed by atoms with van der Waals surface area (Å²) in [7, 11) is 1.90. The zero-order chi connectivity index (χ0) is 14.7. The average Bonchev–Trinajstić information content (AvgIpc) is 2.94. The van der Waals surface area contributed by atoms with Gasteiger partial charge in [-0.25, -0.2) is 0 Å². The Morgan fingerprint density at radius 3 is 2.86 bits per heavy atom. The van der Waals surface area contributed by atoms with E-state index in [1.54, 1.807) is 6.20 Å². The van der Waals surface area contributed by atoms with Gasteiger partial charge < -0.3 is 19.5 Å². The van der Waals surface area contributed by atoms with Crippen LogP contribution in [0.25, 0.3) is 0 Å². The van der Waals surface area contributed by atoms with Gasteiger partial charge in [0.2, 0.25) is 6.79 Å². The molecule has 1 aliphatic heterocycles. The molecular weight excluding hydrogens is 268 g/mol. The number of rotatable bonds is 5. The molecule has 2 heterocycles. The van der Waals surface area contributed by atoms with Crippen LogP contribution < -0.4 is 19.5 Å². The van der Waals surface area contributed by atoms with Crippen LogP contribution in [0.2, 0.25) is 0 Å². The minimum absolute atomic E-state index is 0.261. The number of aromatic nitrogens is 1. The number of fused-ring (bicyclic) bond motifs is 1. The van der Waals surface area contributed by atoms with Gasteiger partial charge in [0, 0.05) is 24.4 Å². The van der Waals surface area contributed by atoms with E-state index in [4.69, 9.17) is 14.2 Å². The van der Waals surface area contributed by atoms with E-state index in [0.29, 0.717) is 13.2 Å². The number of ether oxygens (including phenoxy) is 3. The van der Waals surface area contributed by atoms with Crippen LogP contribution in [-0.2, 0) is 13.2 Å². The predicted octanol–water partition coefficient (Wildman–Crippen LogP) is 2.42. The number of hydrogen-bond donors (Lipinski definition) is 1. The summed E-state index contributed by atoms with van der Waals surface area (Å²) in [5.41, 5.74) is 3.09. The Morgan fingerprint density at radius 1 is 1.29 bits per heavy atom. The summed E-state index contributed by atoms with van der Waals surface area (Å²) in [4.78, 5) is 4.34. The van der Waals surface area contributed by atoms with Crippen molar-refractivity contribution in [2.24, 2.45) is 0 Å². The molecule has 2 aromatic rings. The van der Waals surface area contributed by atoms with Crippen LogP contribution in [-0.4, -0.2) is 18.8 Å². The molecule has 0 amide bonds. The van der Waals surface area contributed by atoms with Crippen molar-refractivity contribution in [3.8, 4) is 17.2 Å². The molecule has 5 nitrogen and oxygen atoms in total. The summed E-state index contributed by atoms with van der Waals surface area (Å²) in [5.74, 6) is 2.28. The molecule has 0 unspecified atom stereocenters. The van der Waals surface area contributed by atoms with Gasteiger partial charge in [0.25, 0.3) is 0 Å². The molecule has 5 heteroatoms. The van der Waals surface area contributed by atoms with Gasteiger partial charge in [0.1, 0.15) is 12.4 Å². The highest BCUT2D eigenvalue weighted by molar-refractivity contribution is 5.51. The first-order chi connectivity index (χ1) is 10.3. The number of nitrogens with one attached hydrogen (secondary N) is 1. The van der Waals surface area contributed by atoms with Crippen LogP contribution in [0, 0.1) is 6.92 Å². The van der Waals surface area contributed by atoms with Gasteiger partial charge in [-0.2, -0.15) is 0 Å². The van der Waals surface area contributed by atoms with E-state index in [-0.39, 0.29) is 6.79 Å². The third-order valence-electron chi connectivity index (χ3n) is 3.41. The van der Waals surface area contributed by atoms with Crippen LogP contribution in [0.15, 0.2) is 30.5 Å². The van der Waals surface area contributed by atoms with E-state index >= 15 is 0 Å². The highest BCUT2D eigenvalue weighted by Gasteiger charge is 2.18. The number of aryl methyl sites for hydroxylation is 1. The van der Waals surface area contributed by atoms with Crippen LogP contribution in [0.1, 0.15) is 16.8 Å². The highest BCUT2D eigenvalue weighted by atomic mass is 16.7. The molecule has 1 aliphatic rings. The Balaban J connectivity index is 1.82. The molecule has 0 radical (unpaired) electrons. The molecule has 3 rings (SSSR count). The van der Waals surface area contributed by atoms with Crippen molar-refractivity contribution >= 4 is 0 Å². The zero-order valence-corrected chi connectivity index (χ0v) is 12.2. The fraction of sp³-hybridized carbons (Fsp3) is 0.312. The first-order valence-corrected chi connectivity index (χ1v) is 6.88. The van der Waals surface area contributed by atoms with Gasteiger partial charge in [-0.3, -0.25) is 4.98 Å². The summed E-state index contributed by atoms with van der Waals surface area (Å²) >= 11 is 0. The molecule has 0 fully saturated rings. The standard InChI is InChI=1S/C16H18N2O3/c1-11-4-3-5-18-13(11)9-19-14-7-16-15(20-10-21-16)6-12(14)8-17-2/h3-7,17H,8-10H2,1-2H3. The molecule has 110 valence electrons. The van der Waals surface area contributed by atoms with E-state index in [2.05, 4.69) is 10.3 Å². The Bertz CT molecular complexity index is 643. The maximum absolute atomic E-state index is 5.94. The van der Waals surface area contributed by atoms with E-state index in [9.17, 15) is 0 Å². The zero-order valence-electron chi connectivity index (χ0n) is 12.2. The first kappa shape index (κ1) is 13.7. The second-order valence-corrected chi connectivity index (χ2v) is 4.90. The van der Waals surface area contributed by atoms with Crippen molar-refractivity contribution in [2.45, 2.75) is 20.1 Å². The lowest BCUT2D eigenvalue weighted by Crippen LogP contribution is -2.08. The van der Waals surface area contributed by atoms with E-state index in [0.717, 1.165) is 34.1 Å². The smallest absolute Gasteiger partial charge is 0.231 e. The summed E-state index contributed by atoms with van der Waals surface area (Å²) < 4.78 is 16.8. The molecule has 0 saturated heterocycles. The summed E-state index contributed by atoms with van der Waals surface area (Å²) in [6.45, 7) is 3.42. The quantitative estimate of drug-likeness (QED) is 0.915. The largest absolute Gasteiger partial charge is 0.487 e. The third kappa shape index (κ3) is 2.92. The second kappa shape index (κ2) is 6.01. The monoisotopic (exact) mass is 286 g/mol. The normalized spacial score (nSPS) is 12.5. The van der Waals surface area contributed by atoms with Gasteiger partial charge in [0.05, 0.1) is 5.69 Å². The molecule has 21 heavy (non-hydrogen) atoms. The number of benzene rings is 1. The number of nitrogens with zero attached hydrogens (tertiary/aromatic N) is 1. The minimum Gasteiger partial charge on any atom is -0.487 e. The molecule has 0 saturated carbocycles. The Kier molecular flexibility index (Phi) is 3.92. The molecule has 0 bridgehead atoms. The van der Waals surface area contributed by atoms with Crippen LogP contribution in [0.3, 0.4) is 0 Å². The molecular formula is C16H18N2O3. The Labute approximate surface area is 123 Å². The summed E-state index contributed by atoms with van der Waals surface area (Å²) in [6, 6.07) is 7.79. The topological polar surface area (TPSA) is 52.6 Å². The summed E-state index contributed by atoms with van der Waals surface area (Å²) in [5, 5.41) is 3.13. The average molecular weight is 286 g/mol. The van der Waals surface area contributed by atoms with Gasteiger partial charge in [-0.15, -0.1) is 0 Å². The van der Waals surface area contributed by atoms with Gasteiger partial charge in [0.15, 0.2) is 11.5 Å². The van der Waals surface area contributed by atoms with Crippen LogP contribution >= 0.6 is 0 Å². The lowest BCUT2D eigenvalue weighted by molar-refractivity contribution is 0.173. The van der Waals surface area contributed by atoms with Crippen molar-refractivity contribution in [3.05, 3.63) is 47.3 Å². The van der Waals surface area contributed by atoms with E-state index in [1.165, 1.54) is 0 Å². The fourth-order valence-corrected chi connectivity index (χ4v) is 2.24. The predicted molar refractivity (Wildman–Crippen MR) is 78.6 cm³/mol. The lowest BCUT2D eigenvalue weighted by Gasteiger charge is -2.13. The minimum atomic E-state index is 0.261. The number of pyridine rings is 1. The lowest BCUT2D eigenvalue weighted by atomic mass is 10.1. The molecule has 1 aromatic carbocycles. The van der Waals surface area contributed by atoms with Gasteiger partial charge >= 0.3 is 0 Å². The Morgan fingerprint density at radius 2 is 2.10 bits per heavy atom. The van der Waals surface area contributed by atoms with Gasteiger partial charge in [-0.05, 0) is 31.7 Å². The SMILES string of the molecule is CNCc1cc2c(cc1OCc1ncccc1C)OCO2. The first-order valence-electron chi connectivity index (χ1n) is 6.88. The van der Waals surface area contributed by atoms with Crippen LogP contribution in [0.5, 0.6) is 17.2 Å². The molecule has 1 N–H and O–H groups in total. The maximum atomic E-state index is 5.94. The van der Waals surface area contributed by atoms with Crippen LogP contribution in [0.4, 0.5) is 0 Å². The molecule has 1 aromatic heterocycles. The summed E-state index contributed by atoms with van der Waals surface area (Å²) in [6.07, 6.45) is 1.78. The fourth-order valence-electron chi connectivity index (χ4n) is 2.24. The van der Waals surface area contributed by atoms with E-state index in [1.807, 2.05) is 38.2 Å². The van der Waals surface area contributed by atoms with Crippen molar-refractivity contribution in [3.63, 3.8) is 0 Å². The highest BCUT2D eigenvalue weighted by Crippen LogP contribution is 2.38. The molecule has 0 aliphatic carbocycles. The van der Waals surface area contributed by atoms with Gasteiger partial charge in [-0.1, -0.05) is 6.07 Å². The molecule has 0 spiro atoms. The Hall–Kier alpha value is -2.27. The van der Waals surface area contributed by atoms with Crippen molar-refractivity contribution < 1.29 is 14.2 Å². The van der Waals surface area contributed by atoms with E-state index < -0.39 is 0 Å². The second-order valence-electron chi connectivity index (χ2n) is 4.90. The third-order valence-corrected chi connectivity index (χ3v) is 3.41.